The summed E-state index contributed by atoms with van der Waals surface area (Å²) < 4.78 is 5.86. The standard InChI is InChI=1S/C48H85NO5/c1-4-7-10-13-16-18-19-20-21-22-23-24-25-26-27-29-32-35-38-41-48(53)54-44(39-36-33-30-15-12-9-6-3)42-47(52)49-45(43-50)46(51)40-37-34-31-28-17-14-11-8-5-2/h7,10,16,18,20-21,23-24,26-27,44-46,50-51H,4-6,8-9,11-15,17,19,22,25,28-43H2,1-3H3,(H,49,52)/b10-7-,18-16-,21-20-,24-23-,27-26-. The number of unbranched alkanes of at least 4 members (excludes halogenated alkanes) is 17. The van der Waals surface area contributed by atoms with Gasteiger partial charge in [-0.1, -0.05) is 184 Å². The molecule has 0 aromatic rings. The predicted octanol–water partition coefficient (Wildman–Crippen LogP) is 12.9. The molecule has 3 atom stereocenters. The van der Waals surface area contributed by atoms with Crippen LogP contribution in [0.4, 0.5) is 0 Å². The molecular weight excluding hydrogens is 671 g/mol. The van der Waals surface area contributed by atoms with Crippen LogP contribution < -0.4 is 5.32 Å². The highest BCUT2D eigenvalue weighted by Gasteiger charge is 2.24. The summed E-state index contributed by atoms with van der Waals surface area (Å²) in [6, 6.07) is -0.704. The summed E-state index contributed by atoms with van der Waals surface area (Å²) in [4.78, 5) is 25.8. The molecule has 54 heavy (non-hydrogen) atoms. The van der Waals surface area contributed by atoms with Gasteiger partial charge in [0.1, 0.15) is 6.10 Å². The minimum absolute atomic E-state index is 0.0624. The summed E-state index contributed by atoms with van der Waals surface area (Å²) >= 11 is 0. The topological polar surface area (TPSA) is 95.9 Å². The van der Waals surface area contributed by atoms with Crippen LogP contribution in [0.1, 0.15) is 207 Å². The fourth-order valence-corrected chi connectivity index (χ4v) is 6.45. The van der Waals surface area contributed by atoms with E-state index in [4.69, 9.17) is 4.74 Å². The molecular formula is C48H85NO5. The Bertz CT molecular complexity index is 984. The number of aliphatic hydroxyl groups excluding tert-OH is 2. The van der Waals surface area contributed by atoms with Gasteiger partial charge in [-0.15, -0.1) is 0 Å². The van der Waals surface area contributed by atoms with Crippen molar-refractivity contribution in [3.05, 3.63) is 60.8 Å². The molecule has 0 aliphatic heterocycles. The van der Waals surface area contributed by atoms with E-state index in [1.54, 1.807) is 0 Å². The molecule has 0 spiro atoms. The molecule has 0 bridgehead atoms. The Labute approximate surface area is 333 Å². The van der Waals surface area contributed by atoms with Crippen LogP contribution in [0.25, 0.3) is 0 Å². The van der Waals surface area contributed by atoms with Gasteiger partial charge in [0, 0.05) is 6.42 Å². The Balaban J connectivity index is 4.48. The first-order valence-electron chi connectivity index (χ1n) is 22.5. The van der Waals surface area contributed by atoms with Gasteiger partial charge in [-0.05, 0) is 70.6 Å². The van der Waals surface area contributed by atoms with Crippen molar-refractivity contribution >= 4 is 11.9 Å². The fourth-order valence-electron chi connectivity index (χ4n) is 6.45. The molecule has 0 saturated heterocycles. The molecule has 3 N–H and O–H groups in total. The molecule has 312 valence electrons. The predicted molar refractivity (Wildman–Crippen MR) is 232 cm³/mol. The Morgan fingerprint density at radius 1 is 0.556 bits per heavy atom. The average molecular weight is 756 g/mol. The van der Waals surface area contributed by atoms with E-state index in [1.807, 2.05) is 0 Å². The minimum atomic E-state index is -0.790. The van der Waals surface area contributed by atoms with Crippen molar-refractivity contribution in [1.82, 2.24) is 5.32 Å². The van der Waals surface area contributed by atoms with Crippen molar-refractivity contribution in [2.75, 3.05) is 6.61 Å². The summed E-state index contributed by atoms with van der Waals surface area (Å²) in [6.07, 6.45) is 50.1. The van der Waals surface area contributed by atoms with E-state index in [9.17, 15) is 19.8 Å². The molecule has 0 radical (unpaired) electrons. The van der Waals surface area contributed by atoms with Crippen molar-refractivity contribution in [1.29, 1.82) is 0 Å². The number of hydrogen-bond acceptors (Lipinski definition) is 5. The third-order valence-electron chi connectivity index (χ3n) is 9.86. The maximum absolute atomic E-state index is 13.0. The van der Waals surface area contributed by atoms with E-state index in [1.165, 1.54) is 64.2 Å². The van der Waals surface area contributed by atoms with Crippen LogP contribution in [0.2, 0.25) is 0 Å². The smallest absolute Gasteiger partial charge is 0.306 e. The summed E-state index contributed by atoms with van der Waals surface area (Å²) in [5, 5.41) is 23.5. The van der Waals surface area contributed by atoms with E-state index < -0.39 is 18.2 Å². The SMILES string of the molecule is CC/C=C\C/C=C\C/C=C\C/C=C\C/C=C\CCCCCC(=O)OC(CCCCCCCCC)CC(=O)NC(CO)C(O)CCCCCCCCCCC. The zero-order valence-electron chi connectivity index (χ0n) is 35.3. The number of ether oxygens (including phenoxy) is 1. The highest BCUT2D eigenvalue weighted by atomic mass is 16.5. The van der Waals surface area contributed by atoms with Gasteiger partial charge in [0.2, 0.25) is 5.91 Å². The van der Waals surface area contributed by atoms with E-state index in [2.05, 4.69) is 86.8 Å². The third-order valence-corrected chi connectivity index (χ3v) is 9.86. The molecule has 6 heteroatoms. The van der Waals surface area contributed by atoms with Gasteiger partial charge in [0.25, 0.3) is 0 Å². The number of carbonyl (C=O) groups is 2. The molecule has 0 aliphatic rings. The van der Waals surface area contributed by atoms with Gasteiger partial charge in [-0.2, -0.15) is 0 Å². The Hall–Kier alpha value is -2.44. The number of esters is 1. The third kappa shape index (κ3) is 36.5. The van der Waals surface area contributed by atoms with Crippen molar-refractivity contribution in [2.45, 2.75) is 225 Å². The molecule has 0 aromatic heterocycles. The van der Waals surface area contributed by atoms with Crippen LogP contribution in [0.5, 0.6) is 0 Å². The molecule has 0 fully saturated rings. The molecule has 0 aromatic carbocycles. The maximum atomic E-state index is 13.0. The van der Waals surface area contributed by atoms with Crippen LogP contribution in [-0.4, -0.2) is 46.9 Å². The Morgan fingerprint density at radius 3 is 1.50 bits per heavy atom. The van der Waals surface area contributed by atoms with E-state index in [0.29, 0.717) is 19.3 Å². The lowest BCUT2D eigenvalue weighted by Gasteiger charge is -2.24. The quantitative estimate of drug-likeness (QED) is 0.0330. The van der Waals surface area contributed by atoms with Gasteiger partial charge >= 0.3 is 5.97 Å². The summed E-state index contributed by atoms with van der Waals surface area (Å²) in [5.74, 6) is -0.521. The first kappa shape index (κ1) is 51.6. The molecule has 3 unspecified atom stereocenters. The average Bonchev–Trinajstić information content (AvgIpc) is 3.16. The lowest BCUT2D eigenvalue weighted by atomic mass is 10.0. The van der Waals surface area contributed by atoms with Crippen molar-refractivity contribution < 1.29 is 24.5 Å². The summed E-state index contributed by atoms with van der Waals surface area (Å²) in [5.41, 5.74) is 0. The van der Waals surface area contributed by atoms with Gasteiger partial charge in [0.15, 0.2) is 0 Å². The monoisotopic (exact) mass is 756 g/mol. The Morgan fingerprint density at radius 2 is 1.00 bits per heavy atom. The van der Waals surface area contributed by atoms with Crippen LogP contribution in [-0.2, 0) is 14.3 Å². The zero-order valence-corrected chi connectivity index (χ0v) is 35.3. The van der Waals surface area contributed by atoms with Crippen LogP contribution in [0.3, 0.4) is 0 Å². The van der Waals surface area contributed by atoms with E-state index >= 15 is 0 Å². The molecule has 0 aliphatic carbocycles. The summed E-state index contributed by atoms with van der Waals surface area (Å²) in [7, 11) is 0. The second-order valence-corrected chi connectivity index (χ2v) is 15.1. The van der Waals surface area contributed by atoms with Gasteiger partial charge in [-0.25, -0.2) is 0 Å². The molecule has 0 rings (SSSR count). The largest absolute Gasteiger partial charge is 0.462 e. The van der Waals surface area contributed by atoms with Gasteiger partial charge in [-0.3, -0.25) is 9.59 Å². The first-order valence-corrected chi connectivity index (χ1v) is 22.5. The Kier molecular flexibility index (Phi) is 39.8. The number of rotatable bonds is 39. The number of aliphatic hydroxyl groups is 2. The lowest BCUT2D eigenvalue weighted by Crippen LogP contribution is -2.46. The second-order valence-electron chi connectivity index (χ2n) is 15.1. The molecule has 0 saturated carbocycles. The number of hydrogen-bond donors (Lipinski definition) is 3. The highest BCUT2D eigenvalue weighted by molar-refractivity contribution is 5.77. The molecule has 6 nitrogen and oxygen atoms in total. The second kappa shape index (κ2) is 41.7. The van der Waals surface area contributed by atoms with Crippen molar-refractivity contribution in [3.63, 3.8) is 0 Å². The first-order chi connectivity index (χ1) is 26.5. The minimum Gasteiger partial charge on any atom is -0.462 e. The maximum Gasteiger partial charge on any atom is 0.306 e. The molecule has 1 amide bonds. The van der Waals surface area contributed by atoms with Crippen molar-refractivity contribution in [2.24, 2.45) is 0 Å². The van der Waals surface area contributed by atoms with E-state index in [-0.39, 0.29) is 24.9 Å². The van der Waals surface area contributed by atoms with Crippen molar-refractivity contribution in [3.8, 4) is 0 Å². The highest BCUT2D eigenvalue weighted by Crippen LogP contribution is 2.17. The molecule has 0 heterocycles. The van der Waals surface area contributed by atoms with Gasteiger partial charge < -0.3 is 20.3 Å². The zero-order chi connectivity index (χ0) is 39.6. The van der Waals surface area contributed by atoms with Crippen LogP contribution >= 0.6 is 0 Å². The normalized spacial score (nSPS) is 13.9. The number of carbonyl (C=O) groups excluding carboxylic acids is 2. The van der Waals surface area contributed by atoms with Crippen LogP contribution in [0, 0.1) is 0 Å². The number of allylic oxidation sites excluding steroid dienone is 10. The number of nitrogens with one attached hydrogen (secondary N) is 1. The summed E-state index contributed by atoms with van der Waals surface area (Å²) in [6.45, 7) is 6.29. The number of amides is 1. The van der Waals surface area contributed by atoms with E-state index in [0.717, 1.165) is 96.3 Å². The van der Waals surface area contributed by atoms with Gasteiger partial charge in [0.05, 0.1) is 25.2 Å². The lowest BCUT2D eigenvalue weighted by molar-refractivity contribution is -0.151. The fraction of sp³-hybridized carbons (Fsp3) is 0.750. The van der Waals surface area contributed by atoms with Crippen LogP contribution in [0.15, 0.2) is 60.8 Å².